The first kappa shape index (κ1) is 12.6. The van der Waals surface area contributed by atoms with Gasteiger partial charge in [-0.05, 0) is 25.1 Å². The van der Waals surface area contributed by atoms with E-state index < -0.39 is 17.5 Å². The lowest BCUT2D eigenvalue weighted by molar-refractivity contribution is 0.0905. The Bertz CT molecular complexity index is 382. The molecule has 0 radical (unpaired) electrons. The van der Waals surface area contributed by atoms with Crippen LogP contribution in [0.2, 0.25) is 0 Å². The van der Waals surface area contributed by atoms with Crippen molar-refractivity contribution in [3.63, 3.8) is 0 Å². The SMILES string of the molecule is COC[C@@H](C)NC(=O)c1ccc(F)c(F)c1. The Hall–Kier alpha value is -1.49. The normalized spacial score (nSPS) is 12.2. The number of halogens is 2. The zero-order valence-corrected chi connectivity index (χ0v) is 9.09. The van der Waals surface area contributed by atoms with Crippen LogP contribution in [-0.2, 0) is 4.74 Å². The molecule has 0 aliphatic heterocycles. The van der Waals surface area contributed by atoms with Gasteiger partial charge in [-0.2, -0.15) is 0 Å². The van der Waals surface area contributed by atoms with Crippen molar-refractivity contribution in [1.82, 2.24) is 5.32 Å². The van der Waals surface area contributed by atoms with Gasteiger partial charge in [0.2, 0.25) is 0 Å². The van der Waals surface area contributed by atoms with Gasteiger partial charge in [-0.25, -0.2) is 8.78 Å². The van der Waals surface area contributed by atoms with E-state index in [2.05, 4.69) is 5.32 Å². The Labute approximate surface area is 92.4 Å². The van der Waals surface area contributed by atoms with E-state index in [9.17, 15) is 13.6 Å². The van der Waals surface area contributed by atoms with Gasteiger partial charge in [-0.15, -0.1) is 0 Å². The molecule has 1 aromatic rings. The molecule has 1 rings (SSSR count). The minimum absolute atomic E-state index is 0.0850. The second-order valence-electron chi connectivity index (χ2n) is 3.46. The third-order valence-electron chi connectivity index (χ3n) is 1.98. The van der Waals surface area contributed by atoms with Crippen LogP contribution in [0.1, 0.15) is 17.3 Å². The quantitative estimate of drug-likeness (QED) is 0.853. The van der Waals surface area contributed by atoms with Crippen molar-refractivity contribution in [3.05, 3.63) is 35.4 Å². The number of benzene rings is 1. The molecule has 0 aromatic heterocycles. The zero-order chi connectivity index (χ0) is 12.1. The molecule has 3 nitrogen and oxygen atoms in total. The largest absolute Gasteiger partial charge is 0.383 e. The summed E-state index contributed by atoms with van der Waals surface area (Å²) in [4.78, 5) is 11.5. The number of carbonyl (C=O) groups excluding carboxylic acids is 1. The molecule has 1 atom stereocenters. The number of hydrogen-bond acceptors (Lipinski definition) is 2. The number of carbonyl (C=O) groups is 1. The monoisotopic (exact) mass is 229 g/mol. The fourth-order valence-corrected chi connectivity index (χ4v) is 1.24. The molecule has 1 amide bonds. The minimum atomic E-state index is -1.04. The number of rotatable bonds is 4. The van der Waals surface area contributed by atoms with Crippen LogP contribution in [0.3, 0.4) is 0 Å². The molecule has 0 unspecified atom stereocenters. The predicted octanol–water partition coefficient (Wildman–Crippen LogP) is 1.73. The van der Waals surface area contributed by atoms with E-state index in [0.29, 0.717) is 6.61 Å². The highest BCUT2D eigenvalue weighted by atomic mass is 19.2. The average Bonchev–Trinajstić information content (AvgIpc) is 2.22. The Morgan fingerprint density at radius 1 is 1.44 bits per heavy atom. The van der Waals surface area contributed by atoms with E-state index in [1.807, 2.05) is 0 Å². The van der Waals surface area contributed by atoms with Crippen molar-refractivity contribution in [1.29, 1.82) is 0 Å². The Morgan fingerprint density at radius 3 is 2.69 bits per heavy atom. The zero-order valence-electron chi connectivity index (χ0n) is 9.09. The van der Waals surface area contributed by atoms with Crippen molar-refractivity contribution in [2.75, 3.05) is 13.7 Å². The Kier molecular flexibility index (Phi) is 4.37. The van der Waals surface area contributed by atoms with Crippen LogP contribution >= 0.6 is 0 Å². The van der Waals surface area contributed by atoms with Gasteiger partial charge in [-0.1, -0.05) is 0 Å². The van der Waals surface area contributed by atoms with E-state index in [0.717, 1.165) is 12.1 Å². The second-order valence-corrected chi connectivity index (χ2v) is 3.46. The first-order valence-electron chi connectivity index (χ1n) is 4.79. The summed E-state index contributed by atoms with van der Waals surface area (Å²) >= 11 is 0. The molecule has 0 saturated carbocycles. The maximum atomic E-state index is 12.8. The fourth-order valence-electron chi connectivity index (χ4n) is 1.24. The summed E-state index contributed by atoms with van der Waals surface area (Å²) in [5.74, 6) is -2.46. The van der Waals surface area contributed by atoms with Crippen LogP contribution in [0, 0.1) is 11.6 Å². The summed E-state index contributed by atoms with van der Waals surface area (Å²) in [6.07, 6.45) is 0. The lowest BCUT2D eigenvalue weighted by Crippen LogP contribution is -2.35. The van der Waals surface area contributed by atoms with E-state index >= 15 is 0 Å². The van der Waals surface area contributed by atoms with Crippen LogP contribution < -0.4 is 5.32 Å². The molecule has 16 heavy (non-hydrogen) atoms. The van der Waals surface area contributed by atoms with Crippen LogP contribution in [0.5, 0.6) is 0 Å². The maximum absolute atomic E-state index is 12.8. The molecule has 0 saturated heterocycles. The molecule has 1 N–H and O–H groups in total. The van der Waals surface area contributed by atoms with Crippen LogP contribution in [0.25, 0.3) is 0 Å². The maximum Gasteiger partial charge on any atom is 0.251 e. The molecular formula is C11H13F2NO2. The van der Waals surface area contributed by atoms with Crippen molar-refractivity contribution >= 4 is 5.91 Å². The van der Waals surface area contributed by atoms with Gasteiger partial charge in [0.1, 0.15) is 0 Å². The highest BCUT2D eigenvalue weighted by Crippen LogP contribution is 2.08. The van der Waals surface area contributed by atoms with Gasteiger partial charge in [0, 0.05) is 18.7 Å². The molecule has 0 heterocycles. The second kappa shape index (κ2) is 5.55. The van der Waals surface area contributed by atoms with Crippen LogP contribution in [0.4, 0.5) is 8.78 Å². The Balaban J connectivity index is 2.69. The minimum Gasteiger partial charge on any atom is -0.383 e. The smallest absolute Gasteiger partial charge is 0.251 e. The van der Waals surface area contributed by atoms with Gasteiger partial charge in [0.15, 0.2) is 11.6 Å². The lowest BCUT2D eigenvalue weighted by atomic mass is 10.2. The summed E-state index contributed by atoms with van der Waals surface area (Å²) in [5.41, 5.74) is 0.0850. The highest BCUT2D eigenvalue weighted by molar-refractivity contribution is 5.94. The number of amides is 1. The average molecular weight is 229 g/mol. The molecule has 0 aliphatic rings. The summed E-state index contributed by atoms with van der Waals surface area (Å²) in [7, 11) is 1.51. The van der Waals surface area contributed by atoms with Crippen molar-refractivity contribution in [2.24, 2.45) is 0 Å². The molecule has 0 spiro atoms. The highest BCUT2D eigenvalue weighted by Gasteiger charge is 2.11. The first-order valence-corrected chi connectivity index (χ1v) is 4.79. The molecule has 5 heteroatoms. The van der Waals surface area contributed by atoms with E-state index in [1.54, 1.807) is 6.92 Å². The number of ether oxygens (including phenoxy) is 1. The molecule has 0 fully saturated rings. The predicted molar refractivity (Wildman–Crippen MR) is 55.2 cm³/mol. The van der Waals surface area contributed by atoms with Gasteiger partial charge >= 0.3 is 0 Å². The van der Waals surface area contributed by atoms with E-state index in [1.165, 1.54) is 13.2 Å². The fraction of sp³-hybridized carbons (Fsp3) is 0.364. The van der Waals surface area contributed by atoms with Gasteiger partial charge in [0.05, 0.1) is 6.61 Å². The summed E-state index contributed by atoms with van der Waals surface area (Å²) < 4.78 is 30.3. The topological polar surface area (TPSA) is 38.3 Å². The van der Waals surface area contributed by atoms with Crippen molar-refractivity contribution in [3.8, 4) is 0 Å². The number of methoxy groups -OCH3 is 1. The summed E-state index contributed by atoms with van der Waals surface area (Å²) in [5, 5.41) is 2.59. The number of hydrogen-bond donors (Lipinski definition) is 1. The van der Waals surface area contributed by atoms with Crippen molar-refractivity contribution in [2.45, 2.75) is 13.0 Å². The molecule has 0 aliphatic carbocycles. The van der Waals surface area contributed by atoms with Gasteiger partial charge < -0.3 is 10.1 Å². The van der Waals surface area contributed by atoms with Crippen LogP contribution in [-0.4, -0.2) is 25.7 Å². The summed E-state index contributed by atoms with van der Waals surface area (Å²) in [6.45, 7) is 2.11. The molecule has 1 aromatic carbocycles. The molecule has 0 bridgehead atoms. The molecule has 88 valence electrons. The lowest BCUT2D eigenvalue weighted by Gasteiger charge is -2.12. The van der Waals surface area contributed by atoms with Gasteiger partial charge in [-0.3, -0.25) is 4.79 Å². The van der Waals surface area contributed by atoms with E-state index in [-0.39, 0.29) is 11.6 Å². The van der Waals surface area contributed by atoms with Crippen molar-refractivity contribution < 1.29 is 18.3 Å². The third kappa shape index (κ3) is 3.27. The van der Waals surface area contributed by atoms with Crippen LogP contribution in [0.15, 0.2) is 18.2 Å². The Morgan fingerprint density at radius 2 is 2.12 bits per heavy atom. The number of nitrogens with one attached hydrogen (secondary N) is 1. The van der Waals surface area contributed by atoms with Gasteiger partial charge in [0.25, 0.3) is 5.91 Å². The van der Waals surface area contributed by atoms with E-state index in [4.69, 9.17) is 4.74 Å². The first-order chi connectivity index (χ1) is 7.54. The standard InChI is InChI=1S/C11H13F2NO2/c1-7(6-16-2)14-11(15)8-3-4-9(12)10(13)5-8/h3-5,7H,6H2,1-2H3,(H,14,15)/t7-/m1/s1. The molecular weight excluding hydrogens is 216 g/mol. The third-order valence-corrected chi connectivity index (χ3v) is 1.98. The summed E-state index contributed by atoms with van der Waals surface area (Å²) in [6, 6.07) is 2.83.